The molecule has 0 aromatic carbocycles. The molecule has 0 unspecified atom stereocenters. The van der Waals surface area contributed by atoms with Crippen molar-refractivity contribution in [2.75, 3.05) is 0 Å². The molecule has 3 nitrogen and oxygen atoms in total. The van der Waals surface area contributed by atoms with E-state index in [1.54, 1.807) is 0 Å². The van der Waals surface area contributed by atoms with Gasteiger partial charge < -0.3 is 0 Å². The molecule has 3 heteroatoms. The van der Waals surface area contributed by atoms with E-state index in [0.29, 0.717) is 18.6 Å². The number of carbonyl (C=O) groups excluding carboxylic acids is 3. The summed E-state index contributed by atoms with van der Waals surface area (Å²) in [5, 5.41) is 0. The molecule has 0 heterocycles. The summed E-state index contributed by atoms with van der Waals surface area (Å²) in [5.74, 6) is 0.696. The van der Waals surface area contributed by atoms with Gasteiger partial charge in [-0.05, 0) is 25.7 Å². The van der Waals surface area contributed by atoms with Gasteiger partial charge in [0.1, 0.15) is 17.3 Å². The molecule has 200 valence electrons. The van der Waals surface area contributed by atoms with Crippen molar-refractivity contribution in [2.45, 2.75) is 181 Å². The van der Waals surface area contributed by atoms with Gasteiger partial charge in [0, 0.05) is 25.7 Å². The molecular formula is C31H58O3. The number of ketones is 3. The molecule has 0 saturated heterocycles. The van der Waals surface area contributed by atoms with Gasteiger partial charge in [-0.1, -0.05) is 123 Å². The number of carbonyl (C=O) groups is 3. The molecule has 0 saturated carbocycles. The Morgan fingerprint density at radius 2 is 0.559 bits per heavy atom. The molecule has 0 amide bonds. The predicted octanol–water partition coefficient (Wildman–Crippen LogP) is 9.88. The first kappa shape index (κ1) is 33.0. The number of hydrogen-bond acceptors (Lipinski definition) is 3. The average molecular weight is 479 g/mol. The van der Waals surface area contributed by atoms with E-state index in [1.807, 2.05) is 0 Å². The van der Waals surface area contributed by atoms with Crippen LogP contribution in [0.5, 0.6) is 0 Å². The molecule has 0 radical (unpaired) electrons. The van der Waals surface area contributed by atoms with Crippen molar-refractivity contribution < 1.29 is 14.4 Å². The smallest absolute Gasteiger partial charge is 0.140 e. The van der Waals surface area contributed by atoms with Gasteiger partial charge in [-0.3, -0.25) is 14.4 Å². The van der Waals surface area contributed by atoms with Crippen molar-refractivity contribution in [1.29, 1.82) is 0 Å². The van der Waals surface area contributed by atoms with Crippen molar-refractivity contribution in [3.05, 3.63) is 0 Å². The lowest BCUT2D eigenvalue weighted by molar-refractivity contribution is -0.127. The minimum atomic E-state index is 0.127. The van der Waals surface area contributed by atoms with Gasteiger partial charge in [-0.25, -0.2) is 0 Å². The van der Waals surface area contributed by atoms with Gasteiger partial charge in [0.15, 0.2) is 0 Å². The van der Waals surface area contributed by atoms with E-state index < -0.39 is 0 Å². The predicted molar refractivity (Wildman–Crippen MR) is 146 cm³/mol. The maximum Gasteiger partial charge on any atom is 0.140 e. The normalized spacial score (nSPS) is 11.1. The molecule has 0 atom stereocenters. The second-order valence-electron chi connectivity index (χ2n) is 10.5. The first-order valence-corrected chi connectivity index (χ1v) is 15.1. The van der Waals surface area contributed by atoms with Crippen LogP contribution in [0, 0.1) is 0 Å². The summed E-state index contributed by atoms with van der Waals surface area (Å²) in [6, 6.07) is 0. The Hall–Kier alpha value is -0.990. The Morgan fingerprint density at radius 3 is 0.882 bits per heavy atom. The highest BCUT2D eigenvalue weighted by Crippen LogP contribution is 2.14. The third-order valence-electron chi connectivity index (χ3n) is 6.92. The summed E-state index contributed by atoms with van der Waals surface area (Å²) >= 11 is 0. The summed E-state index contributed by atoms with van der Waals surface area (Å²) in [5.41, 5.74) is 0. The lowest BCUT2D eigenvalue weighted by Crippen LogP contribution is -2.07. The van der Waals surface area contributed by atoms with E-state index in [0.717, 1.165) is 70.6 Å². The van der Waals surface area contributed by atoms with Crippen LogP contribution < -0.4 is 0 Å². The third kappa shape index (κ3) is 25.6. The Kier molecular flexibility index (Phi) is 25.8. The number of unbranched alkanes of at least 4 members (excludes halogenated alkanes) is 18. The van der Waals surface area contributed by atoms with E-state index in [1.165, 1.54) is 77.0 Å². The van der Waals surface area contributed by atoms with Crippen LogP contribution in [-0.2, 0) is 14.4 Å². The molecule has 0 aliphatic carbocycles. The average Bonchev–Trinajstić information content (AvgIpc) is 2.82. The molecule has 0 fully saturated rings. The summed E-state index contributed by atoms with van der Waals surface area (Å²) in [6.45, 7) is 4.45. The van der Waals surface area contributed by atoms with Crippen molar-refractivity contribution in [3.8, 4) is 0 Å². The zero-order valence-electron chi connectivity index (χ0n) is 23.1. The fourth-order valence-corrected chi connectivity index (χ4v) is 4.61. The Bertz CT molecular complexity index is 483. The van der Waals surface area contributed by atoms with Crippen molar-refractivity contribution in [2.24, 2.45) is 0 Å². The molecule has 0 bridgehead atoms. The van der Waals surface area contributed by atoms with Gasteiger partial charge in [0.2, 0.25) is 0 Å². The highest BCUT2D eigenvalue weighted by Gasteiger charge is 2.09. The highest BCUT2D eigenvalue weighted by molar-refractivity contribution is 5.98. The molecule has 0 aliphatic heterocycles. The first-order valence-electron chi connectivity index (χ1n) is 15.1. The standard InChI is InChI=1S/C31H58O3/c1-3-5-7-9-10-11-12-13-14-18-22-26-30(33)28-31(34)27-23-19-16-15-17-21-25-29(32)24-20-8-6-4-2/h3-28H2,1-2H3. The Morgan fingerprint density at radius 1 is 0.324 bits per heavy atom. The Labute approximate surface area is 212 Å². The lowest BCUT2D eigenvalue weighted by atomic mass is 10.0. The van der Waals surface area contributed by atoms with Crippen LogP contribution >= 0.6 is 0 Å². The number of rotatable bonds is 28. The monoisotopic (exact) mass is 478 g/mol. The largest absolute Gasteiger partial charge is 0.300 e. The fraction of sp³-hybridized carbons (Fsp3) is 0.903. The SMILES string of the molecule is CCCCCCCCCCCCCC(=O)CC(=O)CCCCCCCCC(=O)CCCCCC. The molecular weight excluding hydrogens is 420 g/mol. The van der Waals surface area contributed by atoms with E-state index in [2.05, 4.69) is 13.8 Å². The van der Waals surface area contributed by atoms with Crippen LogP contribution in [0.2, 0.25) is 0 Å². The van der Waals surface area contributed by atoms with Gasteiger partial charge in [0.05, 0.1) is 6.42 Å². The lowest BCUT2D eigenvalue weighted by Gasteiger charge is -2.04. The van der Waals surface area contributed by atoms with Crippen molar-refractivity contribution in [1.82, 2.24) is 0 Å². The molecule has 0 aliphatic rings. The minimum Gasteiger partial charge on any atom is -0.300 e. The third-order valence-corrected chi connectivity index (χ3v) is 6.92. The van der Waals surface area contributed by atoms with E-state index in [4.69, 9.17) is 0 Å². The minimum absolute atomic E-state index is 0.127. The quantitative estimate of drug-likeness (QED) is 0.0830. The van der Waals surface area contributed by atoms with E-state index >= 15 is 0 Å². The maximum atomic E-state index is 12.0. The molecule has 0 N–H and O–H groups in total. The zero-order valence-corrected chi connectivity index (χ0v) is 23.1. The molecule has 0 aromatic rings. The second kappa shape index (κ2) is 26.6. The topological polar surface area (TPSA) is 51.2 Å². The molecule has 0 spiro atoms. The maximum absolute atomic E-state index is 12.0. The first-order chi connectivity index (χ1) is 16.6. The summed E-state index contributed by atoms with van der Waals surface area (Å²) in [6.07, 6.45) is 28.0. The van der Waals surface area contributed by atoms with Crippen LogP contribution in [0.15, 0.2) is 0 Å². The molecule has 0 aromatic heterocycles. The summed E-state index contributed by atoms with van der Waals surface area (Å²) in [4.78, 5) is 35.9. The second-order valence-corrected chi connectivity index (χ2v) is 10.5. The highest BCUT2D eigenvalue weighted by atomic mass is 16.1. The van der Waals surface area contributed by atoms with Crippen LogP contribution in [-0.4, -0.2) is 17.3 Å². The summed E-state index contributed by atoms with van der Waals surface area (Å²) < 4.78 is 0. The van der Waals surface area contributed by atoms with E-state index in [9.17, 15) is 14.4 Å². The van der Waals surface area contributed by atoms with Crippen LogP contribution in [0.3, 0.4) is 0 Å². The van der Waals surface area contributed by atoms with Crippen molar-refractivity contribution >= 4 is 17.3 Å². The molecule has 34 heavy (non-hydrogen) atoms. The molecule has 0 rings (SSSR count). The van der Waals surface area contributed by atoms with Crippen LogP contribution in [0.25, 0.3) is 0 Å². The number of hydrogen-bond donors (Lipinski definition) is 0. The van der Waals surface area contributed by atoms with Crippen LogP contribution in [0.1, 0.15) is 181 Å². The number of Topliss-reactive ketones (excluding diaryl/α,β-unsaturated/α-hetero) is 3. The fourth-order valence-electron chi connectivity index (χ4n) is 4.61. The van der Waals surface area contributed by atoms with Crippen molar-refractivity contribution in [3.63, 3.8) is 0 Å². The summed E-state index contributed by atoms with van der Waals surface area (Å²) in [7, 11) is 0. The Balaban J connectivity index is 3.38. The van der Waals surface area contributed by atoms with Gasteiger partial charge in [-0.15, -0.1) is 0 Å². The van der Waals surface area contributed by atoms with E-state index in [-0.39, 0.29) is 18.0 Å². The van der Waals surface area contributed by atoms with Gasteiger partial charge >= 0.3 is 0 Å². The van der Waals surface area contributed by atoms with Crippen LogP contribution in [0.4, 0.5) is 0 Å². The van der Waals surface area contributed by atoms with Gasteiger partial charge in [0.25, 0.3) is 0 Å². The zero-order chi connectivity index (χ0) is 25.1. The van der Waals surface area contributed by atoms with Gasteiger partial charge in [-0.2, -0.15) is 0 Å².